The van der Waals surface area contributed by atoms with Crippen LogP contribution in [0.1, 0.15) is 54.6 Å². The molecule has 1 aromatic carbocycles. The van der Waals surface area contributed by atoms with Crippen LogP contribution in [-0.4, -0.2) is 10.3 Å². The summed E-state index contributed by atoms with van der Waals surface area (Å²) in [5.41, 5.74) is 4.37. The summed E-state index contributed by atoms with van der Waals surface area (Å²) in [5, 5.41) is 13.8. The summed E-state index contributed by atoms with van der Waals surface area (Å²) in [6, 6.07) is 6.00. The highest BCUT2D eigenvalue weighted by atomic mass is 16.5. The van der Waals surface area contributed by atoms with Gasteiger partial charge in [-0.15, -0.1) is 0 Å². The van der Waals surface area contributed by atoms with Crippen molar-refractivity contribution in [3.8, 4) is 5.75 Å². The highest BCUT2D eigenvalue weighted by molar-refractivity contribution is 5.42. The molecular weight excluding hydrogens is 274 g/mol. The van der Waals surface area contributed by atoms with Gasteiger partial charge in [0.05, 0.1) is 6.20 Å². The number of phenolic OH excluding ortho intramolecular Hbond substituents is 1. The van der Waals surface area contributed by atoms with Gasteiger partial charge in [0.2, 0.25) is 0 Å². The summed E-state index contributed by atoms with van der Waals surface area (Å²) in [7, 11) is 0. The largest absolute Gasteiger partial charge is 0.508 e. The van der Waals surface area contributed by atoms with Gasteiger partial charge in [0, 0.05) is 11.0 Å². The third-order valence-electron chi connectivity index (χ3n) is 6.70. The highest BCUT2D eigenvalue weighted by Crippen LogP contribution is 2.60. The van der Waals surface area contributed by atoms with Gasteiger partial charge in [0.25, 0.3) is 0 Å². The third kappa shape index (κ3) is 1.49. The summed E-state index contributed by atoms with van der Waals surface area (Å²) in [6.07, 6.45) is 7.79. The summed E-state index contributed by atoms with van der Waals surface area (Å²) in [4.78, 5) is 0. The Morgan fingerprint density at radius 1 is 1.27 bits per heavy atom. The molecule has 1 heterocycles. The van der Waals surface area contributed by atoms with E-state index in [0.717, 1.165) is 24.5 Å². The normalized spacial score (nSPS) is 35.4. The second-order valence-electron chi connectivity index (χ2n) is 7.64. The molecule has 3 nitrogen and oxygen atoms in total. The molecule has 1 aromatic heterocycles. The fourth-order valence-electron chi connectivity index (χ4n) is 5.66. The predicted octanol–water partition coefficient (Wildman–Crippen LogP) is 3.95. The molecule has 0 radical (unpaired) electrons. The van der Waals surface area contributed by atoms with Crippen LogP contribution in [0.4, 0.5) is 0 Å². The number of aromatic hydroxyl groups is 1. The molecule has 3 heteroatoms. The van der Waals surface area contributed by atoms with Gasteiger partial charge in [-0.2, -0.15) is 0 Å². The SMILES string of the molecule is C[C@]12CC[C@@H]3c4ccc(O)cc4CC[C@H]3[C@@H]1Cc1cnoc12. The Kier molecular flexibility index (Phi) is 2.41. The van der Waals surface area contributed by atoms with Crippen molar-refractivity contribution < 1.29 is 9.63 Å². The van der Waals surface area contributed by atoms with Crippen LogP contribution in [-0.2, 0) is 18.3 Å². The van der Waals surface area contributed by atoms with E-state index in [1.807, 2.05) is 18.3 Å². The van der Waals surface area contributed by atoms with Crippen molar-refractivity contribution in [2.45, 2.75) is 50.4 Å². The topological polar surface area (TPSA) is 46.3 Å². The number of aromatic nitrogens is 1. The molecule has 0 saturated heterocycles. The molecule has 3 aliphatic rings. The molecule has 0 amide bonds. The van der Waals surface area contributed by atoms with Crippen LogP contribution in [0.25, 0.3) is 0 Å². The number of hydrogen-bond acceptors (Lipinski definition) is 3. The molecule has 2 aromatic rings. The molecule has 0 aliphatic heterocycles. The molecule has 22 heavy (non-hydrogen) atoms. The lowest BCUT2D eigenvalue weighted by molar-refractivity contribution is 0.0872. The lowest BCUT2D eigenvalue weighted by Crippen LogP contribution is -2.43. The fraction of sp³-hybridized carbons (Fsp3) is 0.526. The molecule has 0 unspecified atom stereocenters. The van der Waals surface area contributed by atoms with Crippen LogP contribution in [0.2, 0.25) is 0 Å². The van der Waals surface area contributed by atoms with E-state index >= 15 is 0 Å². The van der Waals surface area contributed by atoms with Crippen molar-refractivity contribution in [3.63, 3.8) is 0 Å². The number of aryl methyl sites for hydroxylation is 1. The van der Waals surface area contributed by atoms with E-state index in [-0.39, 0.29) is 5.41 Å². The van der Waals surface area contributed by atoms with Gasteiger partial charge < -0.3 is 9.63 Å². The predicted molar refractivity (Wildman–Crippen MR) is 82.9 cm³/mol. The summed E-state index contributed by atoms with van der Waals surface area (Å²) in [5.74, 6) is 3.64. The van der Waals surface area contributed by atoms with Gasteiger partial charge in [0.15, 0.2) is 0 Å². The third-order valence-corrected chi connectivity index (χ3v) is 6.70. The Bertz CT molecular complexity index is 750. The van der Waals surface area contributed by atoms with Crippen molar-refractivity contribution in [1.29, 1.82) is 0 Å². The fourth-order valence-corrected chi connectivity index (χ4v) is 5.66. The Morgan fingerprint density at radius 3 is 3.09 bits per heavy atom. The van der Waals surface area contributed by atoms with Crippen molar-refractivity contribution in [2.75, 3.05) is 0 Å². The molecule has 5 rings (SSSR count). The maximum Gasteiger partial charge on any atom is 0.146 e. The van der Waals surface area contributed by atoms with E-state index in [1.54, 1.807) is 0 Å². The Labute approximate surface area is 130 Å². The maximum absolute atomic E-state index is 9.75. The van der Waals surface area contributed by atoms with Gasteiger partial charge >= 0.3 is 0 Å². The molecule has 3 aliphatic carbocycles. The molecule has 1 saturated carbocycles. The first kappa shape index (κ1) is 12.7. The first-order valence-electron chi connectivity index (χ1n) is 8.42. The number of nitrogens with zero attached hydrogens (tertiary/aromatic N) is 1. The highest BCUT2D eigenvalue weighted by Gasteiger charge is 2.55. The first-order chi connectivity index (χ1) is 10.7. The standard InChI is InChI=1S/C19H21NO2/c1-19-7-6-15-14-5-3-13(21)8-11(14)2-4-16(15)17(19)9-12-10-20-22-18(12)19/h3,5,8,10,15-17,21H,2,4,6-7,9H2,1H3/t15-,16-,17+,19+/m1/s1. The zero-order chi connectivity index (χ0) is 14.9. The smallest absolute Gasteiger partial charge is 0.146 e. The second kappa shape index (κ2) is 4.15. The van der Waals surface area contributed by atoms with Crippen molar-refractivity contribution in [3.05, 3.63) is 46.8 Å². The summed E-state index contributed by atoms with van der Waals surface area (Å²) >= 11 is 0. The molecular formula is C19H21NO2. The molecule has 1 fully saturated rings. The lowest BCUT2D eigenvalue weighted by Gasteiger charge is -2.48. The average molecular weight is 295 g/mol. The molecule has 0 spiro atoms. The molecule has 4 atom stereocenters. The Balaban J connectivity index is 1.56. The van der Waals surface area contributed by atoms with Gasteiger partial charge in [-0.3, -0.25) is 0 Å². The number of phenols is 1. The molecule has 114 valence electrons. The van der Waals surface area contributed by atoms with Crippen molar-refractivity contribution in [1.82, 2.24) is 5.16 Å². The van der Waals surface area contributed by atoms with Crippen LogP contribution in [0.5, 0.6) is 5.75 Å². The lowest BCUT2D eigenvalue weighted by atomic mass is 9.55. The van der Waals surface area contributed by atoms with Crippen molar-refractivity contribution >= 4 is 0 Å². The van der Waals surface area contributed by atoms with Crippen LogP contribution in [0.15, 0.2) is 28.9 Å². The monoisotopic (exact) mass is 295 g/mol. The molecule has 1 N–H and O–H groups in total. The minimum atomic E-state index is 0.182. The van der Waals surface area contributed by atoms with Crippen LogP contribution < -0.4 is 0 Å². The van der Waals surface area contributed by atoms with Crippen LogP contribution >= 0.6 is 0 Å². The quantitative estimate of drug-likeness (QED) is 0.800. The van der Waals surface area contributed by atoms with E-state index in [4.69, 9.17) is 4.52 Å². The van der Waals surface area contributed by atoms with Crippen molar-refractivity contribution in [2.24, 2.45) is 11.8 Å². The average Bonchev–Trinajstić information content (AvgIpc) is 3.07. The minimum absolute atomic E-state index is 0.182. The zero-order valence-corrected chi connectivity index (χ0v) is 12.9. The number of benzene rings is 1. The number of rotatable bonds is 0. The first-order valence-corrected chi connectivity index (χ1v) is 8.42. The van der Waals surface area contributed by atoms with Crippen LogP contribution in [0, 0.1) is 11.8 Å². The minimum Gasteiger partial charge on any atom is -0.508 e. The van der Waals surface area contributed by atoms with Crippen LogP contribution in [0.3, 0.4) is 0 Å². The molecule has 0 bridgehead atoms. The summed E-state index contributed by atoms with van der Waals surface area (Å²) in [6.45, 7) is 2.39. The van der Waals surface area contributed by atoms with E-state index in [0.29, 0.717) is 17.6 Å². The number of hydrogen-bond donors (Lipinski definition) is 1. The second-order valence-corrected chi connectivity index (χ2v) is 7.64. The van der Waals surface area contributed by atoms with Gasteiger partial charge in [-0.05, 0) is 73.1 Å². The summed E-state index contributed by atoms with van der Waals surface area (Å²) < 4.78 is 5.63. The number of fused-ring (bicyclic) bond motifs is 7. The van der Waals surface area contributed by atoms with Gasteiger partial charge in [-0.1, -0.05) is 18.1 Å². The van der Waals surface area contributed by atoms with E-state index in [1.165, 1.54) is 36.0 Å². The zero-order valence-electron chi connectivity index (χ0n) is 12.9. The van der Waals surface area contributed by atoms with Gasteiger partial charge in [0.1, 0.15) is 11.5 Å². The maximum atomic E-state index is 9.75. The Hall–Kier alpha value is -1.77. The van der Waals surface area contributed by atoms with Gasteiger partial charge in [-0.25, -0.2) is 0 Å². The van der Waals surface area contributed by atoms with E-state index in [2.05, 4.69) is 18.1 Å². The van der Waals surface area contributed by atoms with E-state index < -0.39 is 0 Å². The van der Waals surface area contributed by atoms with E-state index in [9.17, 15) is 5.11 Å². The Morgan fingerprint density at radius 2 is 2.18 bits per heavy atom.